The Hall–Kier alpha value is -1.25. The third kappa shape index (κ3) is 4.27. The van der Waals surface area contributed by atoms with Gasteiger partial charge in [-0.2, -0.15) is 0 Å². The molecule has 4 rings (SSSR count). The number of piperazine rings is 1. The number of carbonyl (C=O) groups excluding carboxylic acids is 1. The van der Waals surface area contributed by atoms with Gasteiger partial charge in [-0.15, -0.1) is 10.2 Å². The number of nitrogens with one attached hydrogen (secondary N) is 1. The molecule has 2 heterocycles. The Labute approximate surface area is 165 Å². The van der Waals surface area contributed by atoms with Gasteiger partial charge in [0.1, 0.15) is 0 Å². The van der Waals surface area contributed by atoms with E-state index in [-0.39, 0.29) is 11.9 Å². The number of anilines is 2. The lowest BCUT2D eigenvalue weighted by molar-refractivity contribution is -0.125. The monoisotopic (exact) mass is 392 g/mol. The molecule has 2 aliphatic carbocycles. The Morgan fingerprint density at radius 1 is 1.15 bits per heavy atom. The highest BCUT2D eigenvalue weighted by molar-refractivity contribution is 7.18. The lowest BCUT2D eigenvalue weighted by atomic mass is 9.67. The molecule has 8 heteroatoms. The first-order chi connectivity index (χ1) is 13.0. The van der Waals surface area contributed by atoms with Crippen molar-refractivity contribution in [2.45, 2.75) is 57.4 Å². The predicted octanol–water partition coefficient (Wildman–Crippen LogP) is 2.43. The average molecular weight is 393 g/mol. The van der Waals surface area contributed by atoms with Crippen molar-refractivity contribution >= 4 is 27.5 Å². The van der Waals surface area contributed by atoms with E-state index in [1.165, 1.54) is 62.7 Å². The Kier molecular flexibility index (Phi) is 5.66. The molecule has 1 spiro atoms. The van der Waals surface area contributed by atoms with E-state index in [1.807, 2.05) is 0 Å². The van der Waals surface area contributed by atoms with Gasteiger partial charge < -0.3 is 10.6 Å². The van der Waals surface area contributed by atoms with E-state index in [1.54, 1.807) is 0 Å². The predicted molar refractivity (Wildman–Crippen MR) is 109 cm³/mol. The summed E-state index contributed by atoms with van der Waals surface area (Å²) in [6, 6.07) is -0.0671. The van der Waals surface area contributed by atoms with Crippen molar-refractivity contribution in [2.75, 3.05) is 44.3 Å². The van der Waals surface area contributed by atoms with Crippen LogP contribution in [-0.2, 0) is 4.79 Å². The fraction of sp³-hybridized carbons (Fsp3) is 0.842. The van der Waals surface area contributed by atoms with Gasteiger partial charge in [0.15, 0.2) is 0 Å². The van der Waals surface area contributed by atoms with Gasteiger partial charge in [0.05, 0.1) is 6.04 Å². The summed E-state index contributed by atoms with van der Waals surface area (Å²) in [5, 5.41) is 11.7. The molecule has 0 radical (unpaired) electrons. The third-order valence-electron chi connectivity index (χ3n) is 7.07. The van der Waals surface area contributed by atoms with Gasteiger partial charge in [0.25, 0.3) is 0 Å². The molecule has 1 aromatic heterocycles. The molecule has 1 amide bonds. The lowest BCUT2D eigenvalue weighted by Gasteiger charge is -2.44. The summed E-state index contributed by atoms with van der Waals surface area (Å²) in [5.41, 5.74) is 6.27. The highest BCUT2D eigenvalue weighted by atomic mass is 32.1. The molecule has 150 valence electrons. The number of likely N-dealkylation sites (N-methyl/N-ethyl adjacent to an activating group) is 1. The van der Waals surface area contributed by atoms with Gasteiger partial charge in [-0.3, -0.25) is 15.0 Å². The molecule has 1 aliphatic heterocycles. The van der Waals surface area contributed by atoms with Crippen molar-refractivity contribution in [3.63, 3.8) is 0 Å². The molecule has 0 aromatic carbocycles. The number of nitrogens with two attached hydrogens (primary N) is 1. The second-order valence-corrected chi connectivity index (χ2v) is 9.77. The van der Waals surface area contributed by atoms with Crippen molar-refractivity contribution in [3.05, 3.63) is 0 Å². The number of carbonyl (C=O) groups is 1. The zero-order valence-corrected chi connectivity index (χ0v) is 17.1. The van der Waals surface area contributed by atoms with E-state index in [0.717, 1.165) is 26.2 Å². The summed E-state index contributed by atoms with van der Waals surface area (Å²) in [6.07, 6.45) is 10.5. The second kappa shape index (κ2) is 8.01. The standard InChI is InChI=1S/C19H32N6OS/c1-24-10-12-25(13-11-24)15(16(26)21-18-23-22-17(20)27-18)14-4-8-19(9-5-14)6-2-3-7-19/h14-15H,2-13H2,1H3,(H2,20,22)(H,21,23,26). The topological polar surface area (TPSA) is 87.4 Å². The highest BCUT2D eigenvalue weighted by Crippen LogP contribution is 2.51. The molecule has 3 fully saturated rings. The Bertz CT molecular complexity index is 640. The molecule has 1 atom stereocenters. The van der Waals surface area contributed by atoms with Gasteiger partial charge in [0, 0.05) is 26.2 Å². The first kappa shape index (κ1) is 19.1. The van der Waals surface area contributed by atoms with Crippen molar-refractivity contribution < 1.29 is 4.79 Å². The smallest absolute Gasteiger partial charge is 0.243 e. The zero-order valence-electron chi connectivity index (χ0n) is 16.3. The van der Waals surface area contributed by atoms with Crippen molar-refractivity contribution in [1.29, 1.82) is 0 Å². The summed E-state index contributed by atoms with van der Waals surface area (Å²) >= 11 is 1.24. The summed E-state index contributed by atoms with van der Waals surface area (Å²) in [6.45, 7) is 3.95. The van der Waals surface area contributed by atoms with Gasteiger partial charge in [-0.1, -0.05) is 24.2 Å². The maximum atomic E-state index is 13.2. The minimum absolute atomic E-state index is 0.0671. The Morgan fingerprint density at radius 2 is 1.81 bits per heavy atom. The minimum atomic E-state index is -0.0671. The van der Waals surface area contributed by atoms with E-state index in [2.05, 4.69) is 32.4 Å². The lowest BCUT2D eigenvalue weighted by Crippen LogP contribution is -2.56. The Balaban J connectivity index is 1.46. The molecule has 1 aromatic rings. The maximum absolute atomic E-state index is 13.2. The van der Waals surface area contributed by atoms with Gasteiger partial charge in [-0.05, 0) is 56.9 Å². The van der Waals surface area contributed by atoms with Crippen molar-refractivity contribution in [1.82, 2.24) is 20.0 Å². The number of hydrogen-bond donors (Lipinski definition) is 2. The molecule has 0 bridgehead atoms. The summed E-state index contributed by atoms with van der Waals surface area (Å²) in [7, 11) is 2.15. The number of amides is 1. The average Bonchev–Trinajstić information content (AvgIpc) is 3.28. The number of hydrogen-bond acceptors (Lipinski definition) is 7. The molecule has 1 saturated heterocycles. The molecular weight excluding hydrogens is 360 g/mol. The SMILES string of the molecule is CN1CCN(C(C(=O)Nc2nnc(N)s2)C2CCC3(CCCC3)CC2)CC1. The summed E-state index contributed by atoms with van der Waals surface area (Å²) in [4.78, 5) is 18.0. The van der Waals surface area contributed by atoms with Crippen LogP contribution in [0.5, 0.6) is 0 Å². The van der Waals surface area contributed by atoms with E-state index < -0.39 is 0 Å². The van der Waals surface area contributed by atoms with Crippen LogP contribution in [0.1, 0.15) is 51.4 Å². The first-order valence-electron chi connectivity index (χ1n) is 10.4. The van der Waals surface area contributed by atoms with E-state index in [4.69, 9.17) is 5.73 Å². The normalized spacial score (nSPS) is 25.7. The van der Waals surface area contributed by atoms with Gasteiger partial charge >= 0.3 is 0 Å². The highest BCUT2D eigenvalue weighted by Gasteiger charge is 2.43. The number of nitrogens with zero attached hydrogens (tertiary/aromatic N) is 4. The number of aromatic nitrogens is 2. The van der Waals surface area contributed by atoms with Crippen LogP contribution >= 0.6 is 11.3 Å². The van der Waals surface area contributed by atoms with Crippen LogP contribution in [0.4, 0.5) is 10.3 Å². The van der Waals surface area contributed by atoms with Crippen LogP contribution in [-0.4, -0.2) is 65.2 Å². The van der Waals surface area contributed by atoms with Gasteiger partial charge in [0.2, 0.25) is 16.2 Å². The fourth-order valence-electron chi connectivity index (χ4n) is 5.44. The molecule has 1 unspecified atom stereocenters. The van der Waals surface area contributed by atoms with Gasteiger partial charge in [-0.25, -0.2) is 0 Å². The maximum Gasteiger partial charge on any atom is 0.243 e. The van der Waals surface area contributed by atoms with Crippen molar-refractivity contribution in [3.8, 4) is 0 Å². The Morgan fingerprint density at radius 3 is 2.41 bits per heavy atom. The molecule has 27 heavy (non-hydrogen) atoms. The summed E-state index contributed by atoms with van der Waals surface area (Å²) in [5.74, 6) is 0.507. The van der Waals surface area contributed by atoms with E-state index in [9.17, 15) is 4.79 Å². The largest absolute Gasteiger partial charge is 0.374 e. The summed E-state index contributed by atoms with van der Waals surface area (Å²) < 4.78 is 0. The van der Waals surface area contributed by atoms with Crippen LogP contribution in [0.2, 0.25) is 0 Å². The number of rotatable bonds is 4. The fourth-order valence-corrected chi connectivity index (χ4v) is 5.95. The van der Waals surface area contributed by atoms with E-state index >= 15 is 0 Å². The zero-order chi connectivity index (χ0) is 18.9. The van der Waals surface area contributed by atoms with E-state index in [0.29, 0.717) is 21.6 Å². The quantitative estimate of drug-likeness (QED) is 0.818. The number of nitrogen functional groups attached to an aromatic ring is 1. The first-order valence-corrected chi connectivity index (χ1v) is 11.2. The molecular formula is C19H32N6OS. The molecule has 2 saturated carbocycles. The van der Waals surface area contributed by atoms with Crippen LogP contribution < -0.4 is 11.1 Å². The molecule has 3 N–H and O–H groups in total. The molecule has 7 nitrogen and oxygen atoms in total. The third-order valence-corrected chi connectivity index (χ3v) is 7.74. The van der Waals surface area contributed by atoms with Crippen LogP contribution in [0.3, 0.4) is 0 Å². The van der Waals surface area contributed by atoms with Crippen LogP contribution in [0.25, 0.3) is 0 Å². The van der Waals surface area contributed by atoms with Crippen molar-refractivity contribution in [2.24, 2.45) is 11.3 Å². The molecule has 3 aliphatic rings. The van der Waals surface area contributed by atoms with Crippen LogP contribution in [0, 0.1) is 11.3 Å². The minimum Gasteiger partial charge on any atom is -0.374 e. The second-order valence-electron chi connectivity index (χ2n) is 8.76. The van der Waals surface area contributed by atoms with Crippen LogP contribution in [0.15, 0.2) is 0 Å².